The molecule has 1 atom stereocenters. The number of ether oxygens (including phenoxy) is 1. The smallest absolute Gasteiger partial charge is 0.234 e. The van der Waals surface area contributed by atoms with Crippen LogP contribution in [0, 0.1) is 5.92 Å². The molecule has 1 unspecified atom stereocenters. The lowest BCUT2D eigenvalue weighted by atomic mass is 9.94. The van der Waals surface area contributed by atoms with E-state index in [9.17, 15) is 0 Å². The first-order valence-corrected chi connectivity index (χ1v) is 7.85. The Balaban J connectivity index is 1.99. The zero-order valence-corrected chi connectivity index (χ0v) is 13.4. The zero-order valence-electron chi connectivity index (χ0n) is 11.8. The maximum atomic E-state index is 5.60. The minimum absolute atomic E-state index is 0.129. The van der Waals surface area contributed by atoms with Gasteiger partial charge in [-0.15, -0.1) is 0 Å². The Hall–Kier alpha value is -0.840. The first-order valence-electron chi connectivity index (χ1n) is 6.94. The van der Waals surface area contributed by atoms with Crippen molar-refractivity contribution in [1.82, 2.24) is 9.97 Å². The van der Waals surface area contributed by atoms with Gasteiger partial charge < -0.3 is 9.64 Å². The van der Waals surface area contributed by atoms with Crippen molar-refractivity contribution in [2.24, 2.45) is 5.92 Å². The van der Waals surface area contributed by atoms with Gasteiger partial charge in [0.2, 0.25) is 5.88 Å². The molecule has 0 radical (unpaired) electrons. The fourth-order valence-electron chi connectivity index (χ4n) is 2.38. The highest BCUT2D eigenvalue weighted by atomic mass is 79.9. The van der Waals surface area contributed by atoms with Gasteiger partial charge in [0.25, 0.3) is 0 Å². The second-order valence-corrected chi connectivity index (χ2v) is 6.83. The SMILES string of the molecule is CC(C)Oc1cncc(N2CCC(C(C)Br)CC2)n1. The molecule has 19 heavy (non-hydrogen) atoms. The molecule has 0 aromatic carbocycles. The number of nitrogens with zero attached hydrogens (tertiary/aromatic N) is 3. The van der Waals surface area contributed by atoms with Crippen LogP contribution in [-0.4, -0.2) is 34.0 Å². The van der Waals surface area contributed by atoms with E-state index in [4.69, 9.17) is 4.74 Å². The molecular weight excluding hydrogens is 306 g/mol. The number of aromatic nitrogens is 2. The van der Waals surface area contributed by atoms with Crippen LogP contribution in [0.3, 0.4) is 0 Å². The molecule has 1 saturated heterocycles. The quantitative estimate of drug-likeness (QED) is 0.795. The third kappa shape index (κ3) is 4.06. The number of halogens is 1. The molecule has 0 spiro atoms. The minimum atomic E-state index is 0.129. The second kappa shape index (κ2) is 6.55. The Bertz CT molecular complexity index is 403. The molecule has 1 aromatic heterocycles. The van der Waals surface area contributed by atoms with E-state index in [0.717, 1.165) is 24.8 Å². The van der Waals surface area contributed by atoms with E-state index in [1.54, 1.807) is 6.20 Å². The van der Waals surface area contributed by atoms with Crippen LogP contribution in [0.1, 0.15) is 33.6 Å². The van der Waals surface area contributed by atoms with E-state index in [0.29, 0.717) is 10.7 Å². The molecule has 0 N–H and O–H groups in total. The number of anilines is 1. The van der Waals surface area contributed by atoms with Gasteiger partial charge in [-0.25, -0.2) is 0 Å². The van der Waals surface area contributed by atoms with Gasteiger partial charge in [-0.1, -0.05) is 22.9 Å². The van der Waals surface area contributed by atoms with E-state index in [1.165, 1.54) is 12.8 Å². The van der Waals surface area contributed by atoms with Crippen LogP contribution >= 0.6 is 15.9 Å². The van der Waals surface area contributed by atoms with Gasteiger partial charge in [-0.2, -0.15) is 4.98 Å². The van der Waals surface area contributed by atoms with Gasteiger partial charge in [0, 0.05) is 17.9 Å². The zero-order chi connectivity index (χ0) is 13.8. The highest BCUT2D eigenvalue weighted by molar-refractivity contribution is 9.09. The molecule has 0 amide bonds. The van der Waals surface area contributed by atoms with Crippen molar-refractivity contribution in [3.05, 3.63) is 12.4 Å². The minimum Gasteiger partial charge on any atom is -0.474 e. The molecule has 2 heterocycles. The van der Waals surface area contributed by atoms with Crippen molar-refractivity contribution in [3.8, 4) is 5.88 Å². The third-order valence-corrected chi connectivity index (χ3v) is 4.22. The summed E-state index contributed by atoms with van der Waals surface area (Å²) < 4.78 is 5.60. The van der Waals surface area contributed by atoms with E-state index in [-0.39, 0.29) is 6.10 Å². The monoisotopic (exact) mass is 327 g/mol. The molecule has 1 aliphatic rings. The summed E-state index contributed by atoms with van der Waals surface area (Å²) in [6.07, 6.45) is 6.03. The van der Waals surface area contributed by atoms with Gasteiger partial charge in [-0.3, -0.25) is 4.98 Å². The third-order valence-electron chi connectivity index (χ3n) is 3.47. The molecule has 5 heteroatoms. The first-order chi connectivity index (χ1) is 9.06. The molecule has 1 aromatic rings. The van der Waals surface area contributed by atoms with Crippen LogP contribution in [-0.2, 0) is 0 Å². The fourth-order valence-corrected chi connectivity index (χ4v) is 2.91. The fraction of sp³-hybridized carbons (Fsp3) is 0.714. The molecule has 2 rings (SSSR count). The Morgan fingerprint density at radius 3 is 2.53 bits per heavy atom. The summed E-state index contributed by atoms with van der Waals surface area (Å²) in [5.41, 5.74) is 0. The summed E-state index contributed by atoms with van der Waals surface area (Å²) in [5.74, 6) is 2.31. The predicted octanol–water partition coefficient (Wildman–Crippen LogP) is 3.26. The van der Waals surface area contributed by atoms with Gasteiger partial charge in [0.1, 0.15) is 0 Å². The highest BCUT2D eigenvalue weighted by Gasteiger charge is 2.23. The van der Waals surface area contributed by atoms with Crippen LogP contribution in [0.4, 0.5) is 5.82 Å². The van der Waals surface area contributed by atoms with Crippen LogP contribution in [0.2, 0.25) is 0 Å². The van der Waals surface area contributed by atoms with Gasteiger partial charge in [0.05, 0.1) is 18.5 Å². The Morgan fingerprint density at radius 1 is 1.26 bits per heavy atom. The van der Waals surface area contributed by atoms with Crippen molar-refractivity contribution >= 4 is 21.7 Å². The molecule has 1 fully saturated rings. The summed E-state index contributed by atoms with van der Waals surface area (Å²) >= 11 is 3.68. The summed E-state index contributed by atoms with van der Waals surface area (Å²) in [4.78, 5) is 11.7. The Kier molecular flexibility index (Phi) is 5.02. The van der Waals surface area contributed by atoms with Crippen LogP contribution in [0.25, 0.3) is 0 Å². The van der Waals surface area contributed by atoms with Crippen molar-refractivity contribution in [2.75, 3.05) is 18.0 Å². The topological polar surface area (TPSA) is 38.2 Å². The highest BCUT2D eigenvalue weighted by Crippen LogP contribution is 2.27. The van der Waals surface area contributed by atoms with Crippen molar-refractivity contribution in [3.63, 3.8) is 0 Å². The second-order valence-electron chi connectivity index (χ2n) is 5.38. The maximum absolute atomic E-state index is 5.60. The van der Waals surface area contributed by atoms with Crippen molar-refractivity contribution in [2.45, 2.75) is 44.5 Å². The van der Waals surface area contributed by atoms with E-state index < -0.39 is 0 Å². The standard InChI is InChI=1S/C14H22BrN3O/c1-10(2)19-14-9-16-8-13(17-14)18-6-4-12(5-7-18)11(3)15/h8-12H,4-7H2,1-3H3. The van der Waals surface area contributed by atoms with E-state index >= 15 is 0 Å². The lowest BCUT2D eigenvalue weighted by Gasteiger charge is -2.33. The first kappa shape index (κ1) is 14.6. The molecule has 0 aliphatic carbocycles. The average Bonchev–Trinajstić information content (AvgIpc) is 2.38. The molecule has 4 nitrogen and oxygen atoms in total. The molecule has 106 valence electrons. The lowest BCUT2D eigenvalue weighted by molar-refractivity contribution is 0.231. The maximum Gasteiger partial charge on any atom is 0.234 e. The van der Waals surface area contributed by atoms with Gasteiger partial charge in [-0.05, 0) is 32.6 Å². The van der Waals surface area contributed by atoms with Crippen LogP contribution < -0.4 is 9.64 Å². The number of hydrogen-bond acceptors (Lipinski definition) is 4. The largest absolute Gasteiger partial charge is 0.474 e. The number of piperidine rings is 1. The van der Waals surface area contributed by atoms with Gasteiger partial charge >= 0.3 is 0 Å². The summed E-state index contributed by atoms with van der Waals surface area (Å²) in [6.45, 7) is 8.31. The summed E-state index contributed by atoms with van der Waals surface area (Å²) in [7, 11) is 0. The van der Waals surface area contributed by atoms with E-state index in [2.05, 4.69) is 37.7 Å². The summed E-state index contributed by atoms with van der Waals surface area (Å²) in [5, 5.41) is 0. The Labute approximate surface area is 123 Å². The molecule has 0 bridgehead atoms. The van der Waals surface area contributed by atoms with E-state index in [1.807, 2.05) is 20.0 Å². The molecular formula is C14H22BrN3O. The summed E-state index contributed by atoms with van der Waals surface area (Å²) in [6, 6.07) is 0. The Morgan fingerprint density at radius 2 is 1.95 bits per heavy atom. The number of hydrogen-bond donors (Lipinski definition) is 0. The van der Waals surface area contributed by atoms with Crippen LogP contribution in [0.15, 0.2) is 12.4 Å². The van der Waals surface area contributed by atoms with Crippen LogP contribution in [0.5, 0.6) is 5.88 Å². The van der Waals surface area contributed by atoms with Crippen molar-refractivity contribution in [1.29, 1.82) is 0 Å². The van der Waals surface area contributed by atoms with Gasteiger partial charge in [0.15, 0.2) is 5.82 Å². The molecule has 0 saturated carbocycles. The molecule has 1 aliphatic heterocycles. The predicted molar refractivity (Wildman–Crippen MR) is 81.1 cm³/mol. The average molecular weight is 328 g/mol. The van der Waals surface area contributed by atoms with Crippen molar-refractivity contribution < 1.29 is 4.74 Å². The number of rotatable bonds is 4. The number of alkyl halides is 1. The normalized spacial score (nSPS) is 18.7. The lowest BCUT2D eigenvalue weighted by Crippen LogP contribution is -2.36.